The average Bonchev–Trinajstić information content (AvgIpc) is 2.71. The van der Waals surface area contributed by atoms with Crippen LogP contribution in [0, 0.1) is 5.92 Å². The van der Waals surface area contributed by atoms with Gasteiger partial charge in [-0.05, 0) is 24.8 Å². The molecule has 0 aromatic heterocycles. The summed E-state index contributed by atoms with van der Waals surface area (Å²) < 4.78 is 0. The van der Waals surface area contributed by atoms with Crippen molar-refractivity contribution in [1.82, 2.24) is 16.0 Å². The zero-order chi connectivity index (χ0) is 24.4. The molecule has 0 saturated heterocycles. The molecule has 4 atom stereocenters. The molecular weight excluding hydrogens is 420 g/mol. The first-order valence-electron chi connectivity index (χ1n) is 10.1. The highest BCUT2D eigenvalue weighted by molar-refractivity contribution is 5.94. The van der Waals surface area contributed by atoms with Crippen LogP contribution in [0.15, 0.2) is 30.3 Å². The summed E-state index contributed by atoms with van der Waals surface area (Å²) in [6.45, 7) is 4.66. The highest BCUT2D eigenvalue weighted by Crippen LogP contribution is 2.05. The molecule has 0 heterocycles. The number of carbonyl (C=O) groups is 5. The van der Waals surface area contributed by atoms with E-state index >= 15 is 0 Å². The molecule has 11 heteroatoms. The van der Waals surface area contributed by atoms with Crippen molar-refractivity contribution in [2.75, 3.05) is 0 Å². The zero-order valence-electron chi connectivity index (χ0n) is 18.2. The molecule has 0 bridgehead atoms. The minimum Gasteiger partial charge on any atom is -0.481 e. The molecule has 11 nitrogen and oxygen atoms in total. The van der Waals surface area contributed by atoms with Gasteiger partial charge in [0.1, 0.15) is 18.1 Å². The van der Waals surface area contributed by atoms with Crippen molar-refractivity contribution >= 4 is 29.7 Å². The van der Waals surface area contributed by atoms with E-state index in [9.17, 15) is 24.0 Å². The number of nitrogens with two attached hydrogens (primary N) is 1. The number of carboxylic acid groups (broad SMARTS) is 2. The van der Waals surface area contributed by atoms with Crippen molar-refractivity contribution in [3.8, 4) is 0 Å². The van der Waals surface area contributed by atoms with Gasteiger partial charge < -0.3 is 31.9 Å². The molecule has 1 aromatic carbocycles. The largest absolute Gasteiger partial charge is 0.481 e. The Kier molecular flexibility index (Phi) is 10.3. The van der Waals surface area contributed by atoms with E-state index < -0.39 is 66.2 Å². The summed E-state index contributed by atoms with van der Waals surface area (Å²) >= 11 is 0. The molecule has 0 spiro atoms. The lowest BCUT2D eigenvalue weighted by Crippen LogP contribution is -2.58. The Bertz CT molecular complexity index is 829. The van der Waals surface area contributed by atoms with Gasteiger partial charge in [-0.15, -0.1) is 0 Å². The van der Waals surface area contributed by atoms with Crippen LogP contribution in [0.5, 0.6) is 0 Å². The van der Waals surface area contributed by atoms with Crippen LogP contribution in [0.25, 0.3) is 0 Å². The molecular formula is C21H30N4O7. The van der Waals surface area contributed by atoms with E-state index in [2.05, 4.69) is 16.0 Å². The molecule has 0 fully saturated rings. The fourth-order valence-electron chi connectivity index (χ4n) is 2.80. The molecule has 1 rings (SSSR count). The quantitative estimate of drug-likeness (QED) is 0.240. The van der Waals surface area contributed by atoms with E-state index in [1.807, 2.05) is 30.3 Å². The van der Waals surface area contributed by atoms with Crippen molar-refractivity contribution in [1.29, 1.82) is 0 Å². The maximum absolute atomic E-state index is 12.5. The normalized spacial score (nSPS) is 14.5. The second-order valence-corrected chi connectivity index (χ2v) is 7.75. The van der Waals surface area contributed by atoms with Crippen molar-refractivity contribution in [2.45, 2.75) is 57.8 Å². The summed E-state index contributed by atoms with van der Waals surface area (Å²) in [6.07, 6.45) is -0.538. The monoisotopic (exact) mass is 450 g/mol. The second-order valence-electron chi connectivity index (χ2n) is 7.75. The Balaban J connectivity index is 2.71. The predicted molar refractivity (Wildman–Crippen MR) is 114 cm³/mol. The van der Waals surface area contributed by atoms with Crippen LogP contribution in [0.2, 0.25) is 0 Å². The first-order chi connectivity index (χ1) is 14.9. The van der Waals surface area contributed by atoms with Gasteiger partial charge in [0.2, 0.25) is 17.7 Å². The minimum atomic E-state index is -1.65. The van der Waals surface area contributed by atoms with Gasteiger partial charge in [0.15, 0.2) is 0 Å². The standard InChI is InChI=1S/C21H30N4O7/c1-11(2)17(20(30)24-15(21(31)32)10-16(26)27)25-18(28)12(3)23-19(29)14(22)9-13-7-5-4-6-8-13/h4-8,11-12,14-15,17H,9-10,22H2,1-3H3,(H,23,29)(H,24,30)(H,25,28)(H,26,27)(H,31,32). The topological polar surface area (TPSA) is 188 Å². The second kappa shape index (κ2) is 12.4. The van der Waals surface area contributed by atoms with Crippen LogP contribution in [0.1, 0.15) is 32.8 Å². The van der Waals surface area contributed by atoms with Gasteiger partial charge in [0, 0.05) is 0 Å². The number of hydrogen-bond acceptors (Lipinski definition) is 6. The highest BCUT2D eigenvalue weighted by atomic mass is 16.4. The molecule has 0 aliphatic rings. The molecule has 0 radical (unpaired) electrons. The van der Waals surface area contributed by atoms with Crippen LogP contribution >= 0.6 is 0 Å². The molecule has 0 aliphatic heterocycles. The molecule has 7 N–H and O–H groups in total. The van der Waals surface area contributed by atoms with Crippen molar-refractivity contribution in [3.63, 3.8) is 0 Å². The van der Waals surface area contributed by atoms with E-state index in [1.54, 1.807) is 13.8 Å². The van der Waals surface area contributed by atoms with Crippen LogP contribution in [0.4, 0.5) is 0 Å². The zero-order valence-corrected chi connectivity index (χ0v) is 18.2. The van der Waals surface area contributed by atoms with Crippen LogP contribution < -0.4 is 21.7 Å². The van der Waals surface area contributed by atoms with Crippen molar-refractivity contribution in [3.05, 3.63) is 35.9 Å². The van der Waals surface area contributed by atoms with Crippen molar-refractivity contribution < 1.29 is 34.2 Å². The Morgan fingerprint density at radius 2 is 1.47 bits per heavy atom. The molecule has 176 valence electrons. The summed E-state index contributed by atoms with van der Waals surface area (Å²) in [5, 5.41) is 25.0. The first kappa shape index (κ1) is 26.6. The van der Waals surface area contributed by atoms with Crippen LogP contribution in [-0.4, -0.2) is 64.0 Å². The number of carboxylic acids is 2. The van der Waals surface area contributed by atoms with Gasteiger partial charge >= 0.3 is 11.9 Å². The van der Waals surface area contributed by atoms with Crippen LogP contribution in [-0.2, 0) is 30.4 Å². The lowest BCUT2D eigenvalue weighted by Gasteiger charge is -2.25. The summed E-state index contributed by atoms with van der Waals surface area (Å²) in [6, 6.07) is 4.42. The summed E-state index contributed by atoms with van der Waals surface area (Å²) in [5.74, 6) is -5.42. The average molecular weight is 450 g/mol. The Hall–Kier alpha value is -3.47. The number of amides is 3. The van der Waals surface area contributed by atoms with Gasteiger partial charge in [-0.3, -0.25) is 19.2 Å². The van der Waals surface area contributed by atoms with E-state index in [0.29, 0.717) is 0 Å². The fourth-order valence-corrected chi connectivity index (χ4v) is 2.80. The number of rotatable bonds is 12. The fraction of sp³-hybridized carbons (Fsp3) is 0.476. The molecule has 32 heavy (non-hydrogen) atoms. The smallest absolute Gasteiger partial charge is 0.326 e. The van der Waals surface area contributed by atoms with Crippen LogP contribution in [0.3, 0.4) is 0 Å². The van der Waals surface area contributed by atoms with Crippen molar-refractivity contribution in [2.24, 2.45) is 11.7 Å². The highest BCUT2D eigenvalue weighted by Gasteiger charge is 2.31. The van der Waals surface area contributed by atoms with E-state index in [4.69, 9.17) is 15.9 Å². The number of carbonyl (C=O) groups excluding carboxylic acids is 3. The van der Waals surface area contributed by atoms with Gasteiger partial charge in [0.05, 0.1) is 12.5 Å². The van der Waals surface area contributed by atoms with E-state index in [1.165, 1.54) is 6.92 Å². The van der Waals surface area contributed by atoms with Gasteiger partial charge in [-0.25, -0.2) is 4.79 Å². The third kappa shape index (κ3) is 8.72. The lowest BCUT2D eigenvalue weighted by molar-refractivity contribution is -0.147. The van der Waals surface area contributed by atoms with Gasteiger partial charge in [-0.1, -0.05) is 44.2 Å². The molecule has 1 aromatic rings. The number of nitrogens with one attached hydrogen (secondary N) is 3. The lowest BCUT2D eigenvalue weighted by atomic mass is 10.0. The summed E-state index contributed by atoms with van der Waals surface area (Å²) in [7, 11) is 0. The first-order valence-corrected chi connectivity index (χ1v) is 10.1. The third-order valence-corrected chi connectivity index (χ3v) is 4.63. The Labute approximate surface area is 185 Å². The molecule has 3 amide bonds. The number of aliphatic carboxylic acids is 2. The van der Waals surface area contributed by atoms with Gasteiger partial charge in [-0.2, -0.15) is 0 Å². The SMILES string of the molecule is CC(NC(=O)C(N)Cc1ccccc1)C(=O)NC(C(=O)NC(CC(=O)O)C(=O)O)C(C)C. The Morgan fingerprint density at radius 3 is 1.97 bits per heavy atom. The maximum Gasteiger partial charge on any atom is 0.326 e. The molecule has 4 unspecified atom stereocenters. The van der Waals surface area contributed by atoms with E-state index in [0.717, 1.165) is 5.56 Å². The third-order valence-electron chi connectivity index (χ3n) is 4.63. The summed E-state index contributed by atoms with van der Waals surface area (Å²) in [4.78, 5) is 59.3. The maximum atomic E-state index is 12.5. The molecule has 0 saturated carbocycles. The minimum absolute atomic E-state index is 0.276. The predicted octanol–water partition coefficient (Wildman–Crippen LogP) is -0.754. The van der Waals surface area contributed by atoms with E-state index in [-0.39, 0.29) is 6.42 Å². The molecule has 0 aliphatic carbocycles. The number of hydrogen-bond donors (Lipinski definition) is 6. The number of benzene rings is 1. The van der Waals surface area contributed by atoms with Gasteiger partial charge in [0.25, 0.3) is 0 Å². The Morgan fingerprint density at radius 1 is 0.875 bits per heavy atom. The summed E-state index contributed by atoms with van der Waals surface area (Å²) in [5.41, 5.74) is 6.77.